The highest BCUT2D eigenvalue weighted by Crippen LogP contribution is 2.33. The van der Waals surface area contributed by atoms with Crippen LogP contribution in [0, 0.1) is 5.92 Å². The molecule has 0 amide bonds. The Morgan fingerprint density at radius 1 is 1.06 bits per heavy atom. The van der Waals surface area contributed by atoms with Crippen molar-refractivity contribution in [1.29, 1.82) is 0 Å². The second-order valence-corrected chi connectivity index (χ2v) is 8.15. The number of rotatable bonds is 6. The van der Waals surface area contributed by atoms with Gasteiger partial charge in [-0.3, -0.25) is 9.69 Å². The van der Waals surface area contributed by atoms with E-state index in [9.17, 15) is 4.79 Å². The number of hydrogen-bond acceptors (Lipinski definition) is 7. The van der Waals surface area contributed by atoms with Crippen molar-refractivity contribution in [2.75, 3.05) is 33.4 Å². The molecule has 2 aliphatic heterocycles. The lowest BCUT2D eigenvalue weighted by Crippen LogP contribution is -2.36. The van der Waals surface area contributed by atoms with Gasteiger partial charge in [0.15, 0.2) is 17.3 Å². The van der Waals surface area contributed by atoms with Crippen LogP contribution in [0.1, 0.15) is 28.9 Å². The lowest BCUT2D eigenvalue weighted by molar-refractivity contribution is 0.0832. The summed E-state index contributed by atoms with van der Waals surface area (Å²) in [6.07, 6.45) is 3.37. The SMILES string of the molecule is COc1ccc(-c2nc(CN3CCC(C(=O)c4ccc5c(c4)OCCO5)CC3)co2)cc1. The summed E-state index contributed by atoms with van der Waals surface area (Å²) in [5.74, 6) is 2.99. The standard InChI is InChI=1S/C25H26N2O5/c1-29-21-5-2-18(3-6-21)25-26-20(16-32-25)15-27-10-8-17(9-11-27)24(28)19-4-7-22-23(14-19)31-13-12-30-22/h2-7,14,16-17H,8-13,15H2,1H3. The molecule has 7 heteroatoms. The maximum Gasteiger partial charge on any atom is 0.226 e. The van der Waals surface area contributed by atoms with E-state index in [1.807, 2.05) is 42.5 Å². The van der Waals surface area contributed by atoms with Gasteiger partial charge in [-0.15, -0.1) is 0 Å². The third-order valence-corrected chi connectivity index (χ3v) is 6.06. The third kappa shape index (κ3) is 4.34. The van der Waals surface area contributed by atoms with Crippen LogP contribution in [-0.2, 0) is 6.54 Å². The van der Waals surface area contributed by atoms with Crippen molar-refractivity contribution in [2.24, 2.45) is 5.92 Å². The van der Waals surface area contributed by atoms with Gasteiger partial charge in [0.1, 0.15) is 25.2 Å². The molecular formula is C25H26N2O5. The normalized spacial score (nSPS) is 16.7. The molecule has 0 aliphatic carbocycles. The van der Waals surface area contributed by atoms with Gasteiger partial charge < -0.3 is 18.6 Å². The van der Waals surface area contributed by atoms with Gasteiger partial charge in [0.25, 0.3) is 0 Å². The molecule has 1 aromatic heterocycles. The summed E-state index contributed by atoms with van der Waals surface area (Å²) < 4.78 is 22.0. The molecule has 5 rings (SSSR count). The van der Waals surface area contributed by atoms with E-state index < -0.39 is 0 Å². The summed E-state index contributed by atoms with van der Waals surface area (Å²) in [6.45, 7) is 3.49. The Morgan fingerprint density at radius 2 is 1.81 bits per heavy atom. The molecule has 1 fully saturated rings. The quantitative estimate of drug-likeness (QED) is 0.538. The second kappa shape index (κ2) is 9.04. The number of likely N-dealkylation sites (tertiary alicyclic amines) is 1. The molecule has 2 aliphatic rings. The Labute approximate surface area is 186 Å². The molecule has 32 heavy (non-hydrogen) atoms. The van der Waals surface area contributed by atoms with Crippen LogP contribution < -0.4 is 14.2 Å². The van der Waals surface area contributed by atoms with Gasteiger partial charge in [0.05, 0.1) is 12.8 Å². The zero-order valence-electron chi connectivity index (χ0n) is 18.1. The predicted octanol–water partition coefficient (Wildman–Crippen LogP) is 4.22. The first-order valence-corrected chi connectivity index (χ1v) is 10.9. The number of methoxy groups -OCH3 is 1. The smallest absolute Gasteiger partial charge is 0.226 e. The first kappa shape index (κ1) is 20.6. The number of ether oxygens (including phenoxy) is 3. The number of oxazole rings is 1. The van der Waals surface area contributed by atoms with E-state index in [-0.39, 0.29) is 11.7 Å². The molecule has 3 aromatic rings. The van der Waals surface area contributed by atoms with Crippen molar-refractivity contribution in [2.45, 2.75) is 19.4 Å². The van der Waals surface area contributed by atoms with Gasteiger partial charge >= 0.3 is 0 Å². The van der Waals surface area contributed by atoms with Gasteiger partial charge in [-0.25, -0.2) is 4.98 Å². The Kier molecular flexibility index (Phi) is 5.81. The molecule has 1 saturated heterocycles. The van der Waals surface area contributed by atoms with Crippen LogP contribution in [0.25, 0.3) is 11.5 Å². The Bertz CT molecular complexity index is 1080. The van der Waals surface area contributed by atoms with Crippen LogP contribution in [-0.4, -0.2) is 49.1 Å². The largest absolute Gasteiger partial charge is 0.497 e. The molecule has 0 spiro atoms. The zero-order chi connectivity index (χ0) is 21.9. The van der Waals surface area contributed by atoms with Crippen molar-refractivity contribution >= 4 is 5.78 Å². The summed E-state index contributed by atoms with van der Waals surface area (Å²) >= 11 is 0. The molecule has 166 valence electrons. The average Bonchev–Trinajstić information content (AvgIpc) is 3.32. The van der Waals surface area contributed by atoms with E-state index in [0.717, 1.165) is 42.9 Å². The minimum Gasteiger partial charge on any atom is -0.497 e. The van der Waals surface area contributed by atoms with Crippen LogP contribution in [0.5, 0.6) is 17.2 Å². The Hall–Kier alpha value is -3.32. The number of fused-ring (bicyclic) bond motifs is 1. The maximum atomic E-state index is 13.0. The lowest BCUT2D eigenvalue weighted by Gasteiger charge is -2.30. The monoisotopic (exact) mass is 434 g/mol. The van der Waals surface area contributed by atoms with Crippen LogP contribution in [0.15, 0.2) is 53.1 Å². The highest BCUT2D eigenvalue weighted by molar-refractivity contribution is 5.98. The molecule has 0 unspecified atom stereocenters. The Morgan fingerprint density at radius 3 is 2.56 bits per heavy atom. The number of hydrogen-bond donors (Lipinski definition) is 0. The number of carbonyl (C=O) groups is 1. The fourth-order valence-corrected chi connectivity index (χ4v) is 4.26. The van der Waals surface area contributed by atoms with Crippen molar-refractivity contribution < 1.29 is 23.4 Å². The highest BCUT2D eigenvalue weighted by atomic mass is 16.6. The molecule has 2 aromatic carbocycles. The number of nitrogens with zero attached hydrogens (tertiary/aromatic N) is 2. The zero-order valence-corrected chi connectivity index (χ0v) is 18.1. The van der Waals surface area contributed by atoms with E-state index in [1.54, 1.807) is 13.4 Å². The molecule has 0 bridgehead atoms. The molecule has 0 saturated carbocycles. The van der Waals surface area contributed by atoms with E-state index in [0.29, 0.717) is 42.7 Å². The van der Waals surface area contributed by atoms with Crippen molar-refractivity contribution in [3.8, 4) is 28.7 Å². The molecule has 7 nitrogen and oxygen atoms in total. The van der Waals surface area contributed by atoms with Crippen LogP contribution in [0.3, 0.4) is 0 Å². The van der Waals surface area contributed by atoms with Crippen molar-refractivity contribution in [3.63, 3.8) is 0 Å². The summed E-state index contributed by atoms with van der Waals surface area (Å²) in [4.78, 5) is 20.0. The fourth-order valence-electron chi connectivity index (χ4n) is 4.26. The first-order valence-electron chi connectivity index (χ1n) is 10.9. The molecule has 0 radical (unpaired) electrons. The fraction of sp³-hybridized carbons (Fsp3) is 0.360. The van der Waals surface area contributed by atoms with Crippen LogP contribution in [0.4, 0.5) is 0 Å². The van der Waals surface area contributed by atoms with E-state index in [1.165, 1.54) is 0 Å². The van der Waals surface area contributed by atoms with Gasteiger partial charge in [0, 0.05) is 23.6 Å². The topological polar surface area (TPSA) is 74.0 Å². The van der Waals surface area contributed by atoms with Crippen LogP contribution >= 0.6 is 0 Å². The van der Waals surface area contributed by atoms with Gasteiger partial charge in [-0.05, 0) is 68.4 Å². The summed E-state index contributed by atoms with van der Waals surface area (Å²) in [5.41, 5.74) is 2.52. The first-order chi connectivity index (χ1) is 15.7. The molecular weight excluding hydrogens is 408 g/mol. The minimum absolute atomic E-state index is 0.0287. The number of Topliss-reactive ketones (excluding diaryl/α,β-unsaturated/α-hetero) is 1. The van der Waals surface area contributed by atoms with Gasteiger partial charge in [-0.2, -0.15) is 0 Å². The summed E-state index contributed by atoms with van der Waals surface area (Å²) in [7, 11) is 1.64. The van der Waals surface area contributed by atoms with Gasteiger partial charge in [0.2, 0.25) is 5.89 Å². The number of benzene rings is 2. The number of ketones is 1. The second-order valence-electron chi connectivity index (χ2n) is 8.15. The summed E-state index contributed by atoms with van der Waals surface area (Å²) in [6, 6.07) is 13.2. The van der Waals surface area contributed by atoms with Crippen molar-refractivity contribution in [3.05, 3.63) is 60.0 Å². The van der Waals surface area contributed by atoms with Crippen LogP contribution in [0.2, 0.25) is 0 Å². The third-order valence-electron chi connectivity index (χ3n) is 6.06. The number of piperidine rings is 1. The highest BCUT2D eigenvalue weighted by Gasteiger charge is 2.27. The molecule has 3 heterocycles. The average molecular weight is 434 g/mol. The number of aromatic nitrogens is 1. The lowest BCUT2D eigenvalue weighted by atomic mass is 9.88. The van der Waals surface area contributed by atoms with E-state index in [2.05, 4.69) is 9.88 Å². The van der Waals surface area contributed by atoms with E-state index in [4.69, 9.17) is 18.6 Å². The van der Waals surface area contributed by atoms with E-state index >= 15 is 0 Å². The molecule has 0 N–H and O–H groups in total. The molecule has 0 atom stereocenters. The summed E-state index contributed by atoms with van der Waals surface area (Å²) in [5, 5.41) is 0. The minimum atomic E-state index is 0.0287. The van der Waals surface area contributed by atoms with Gasteiger partial charge in [-0.1, -0.05) is 0 Å². The predicted molar refractivity (Wildman–Crippen MR) is 118 cm³/mol. The number of carbonyl (C=O) groups excluding carboxylic acids is 1. The maximum absolute atomic E-state index is 13.0. The Balaban J connectivity index is 1.16. The van der Waals surface area contributed by atoms with Crippen molar-refractivity contribution in [1.82, 2.24) is 9.88 Å².